The molecule has 0 aliphatic heterocycles. The van der Waals surface area contributed by atoms with E-state index in [1.807, 2.05) is 13.1 Å². The van der Waals surface area contributed by atoms with Gasteiger partial charge in [0, 0.05) is 13.6 Å². The molecule has 0 amide bonds. The van der Waals surface area contributed by atoms with Gasteiger partial charge in [0.2, 0.25) is 0 Å². The molecule has 0 aromatic carbocycles. The summed E-state index contributed by atoms with van der Waals surface area (Å²) in [5.74, 6) is 0. The van der Waals surface area contributed by atoms with Crippen LogP contribution in [0.2, 0.25) is 0 Å². The lowest BCUT2D eigenvalue weighted by molar-refractivity contribution is -0.107. The second kappa shape index (κ2) is 4.81. The molecule has 0 N–H and O–H groups in total. The lowest BCUT2D eigenvalue weighted by atomic mass is 10.4. The molecule has 2 nitrogen and oxygen atoms in total. The van der Waals surface area contributed by atoms with Crippen LogP contribution in [-0.4, -0.2) is 25.8 Å². The summed E-state index contributed by atoms with van der Waals surface area (Å²) in [4.78, 5) is 4.84. The SMILES string of the molecule is C=CCCN(C)OC. The number of nitrogens with zero attached hydrogens (tertiary/aromatic N) is 1. The van der Waals surface area contributed by atoms with E-state index in [1.54, 1.807) is 12.2 Å². The van der Waals surface area contributed by atoms with Crippen molar-refractivity contribution in [2.75, 3.05) is 20.7 Å². The zero-order valence-electron chi connectivity index (χ0n) is 5.55. The third-order valence-corrected chi connectivity index (χ3v) is 0.960. The average molecular weight is 115 g/mol. The van der Waals surface area contributed by atoms with E-state index in [1.165, 1.54) is 0 Å². The van der Waals surface area contributed by atoms with Crippen LogP contribution in [0.1, 0.15) is 6.42 Å². The standard InChI is InChI=1S/C6H13NO/c1-4-5-6-7(2)8-3/h4H,1,5-6H2,2-3H3. The zero-order valence-corrected chi connectivity index (χ0v) is 5.55. The van der Waals surface area contributed by atoms with Crippen LogP contribution >= 0.6 is 0 Å². The van der Waals surface area contributed by atoms with Crippen LogP contribution < -0.4 is 0 Å². The van der Waals surface area contributed by atoms with Crippen LogP contribution in [0.25, 0.3) is 0 Å². The van der Waals surface area contributed by atoms with E-state index in [4.69, 9.17) is 4.84 Å². The van der Waals surface area contributed by atoms with Crippen LogP contribution in [0.5, 0.6) is 0 Å². The van der Waals surface area contributed by atoms with Crippen molar-refractivity contribution in [3.05, 3.63) is 12.7 Å². The minimum absolute atomic E-state index is 0.917. The Balaban J connectivity index is 2.97. The lowest BCUT2D eigenvalue weighted by Crippen LogP contribution is -2.16. The monoisotopic (exact) mass is 115 g/mol. The summed E-state index contributed by atoms with van der Waals surface area (Å²) in [7, 11) is 3.55. The number of hydroxylamine groups is 2. The van der Waals surface area contributed by atoms with Crippen LogP contribution in [0.15, 0.2) is 12.7 Å². The molecule has 0 spiro atoms. The van der Waals surface area contributed by atoms with Gasteiger partial charge in [0.1, 0.15) is 0 Å². The molecular formula is C6H13NO. The van der Waals surface area contributed by atoms with E-state index in [9.17, 15) is 0 Å². The van der Waals surface area contributed by atoms with Gasteiger partial charge in [0.15, 0.2) is 0 Å². The molecular weight excluding hydrogens is 102 g/mol. The molecule has 0 aromatic rings. The van der Waals surface area contributed by atoms with E-state index in [0.717, 1.165) is 13.0 Å². The topological polar surface area (TPSA) is 12.5 Å². The molecule has 0 fully saturated rings. The Labute approximate surface area is 50.7 Å². The van der Waals surface area contributed by atoms with Crippen molar-refractivity contribution in [3.63, 3.8) is 0 Å². The molecule has 0 saturated carbocycles. The smallest absolute Gasteiger partial charge is 0.0575 e. The molecule has 0 aliphatic carbocycles. The van der Waals surface area contributed by atoms with E-state index in [-0.39, 0.29) is 0 Å². The minimum atomic E-state index is 0.917. The minimum Gasteiger partial charge on any atom is -0.303 e. The third kappa shape index (κ3) is 3.84. The second-order valence-corrected chi connectivity index (χ2v) is 1.61. The maximum atomic E-state index is 4.84. The van der Waals surface area contributed by atoms with Gasteiger partial charge < -0.3 is 4.84 Å². The highest BCUT2D eigenvalue weighted by Gasteiger charge is 1.88. The van der Waals surface area contributed by atoms with Gasteiger partial charge in [0.25, 0.3) is 0 Å². The maximum Gasteiger partial charge on any atom is 0.0575 e. The average Bonchev–Trinajstić information content (AvgIpc) is 1.83. The van der Waals surface area contributed by atoms with Gasteiger partial charge in [-0.3, -0.25) is 0 Å². The van der Waals surface area contributed by atoms with Crippen LogP contribution in [0.3, 0.4) is 0 Å². The summed E-state index contributed by atoms with van der Waals surface area (Å²) in [6, 6.07) is 0. The van der Waals surface area contributed by atoms with Gasteiger partial charge in [-0.2, -0.15) is 5.06 Å². The molecule has 0 rings (SSSR count). The normalized spacial score (nSPS) is 9.88. The van der Waals surface area contributed by atoms with E-state index < -0.39 is 0 Å². The Morgan fingerprint density at radius 1 is 1.75 bits per heavy atom. The summed E-state index contributed by atoms with van der Waals surface area (Å²) < 4.78 is 0. The fraction of sp³-hybridized carbons (Fsp3) is 0.667. The quantitative estimate of drug-likeness (QED) is 0.401. The van der Waals surface area contributed by atoms with Gasteiger partial charge in [-0.05, 0) is 6.42 Å². The molecule has 8 heavy (non-hydrogen) atoms. The Hall–Kier alpha value is -0.340. The molecule has 0 saturated heterocycles. The third-order valence-electron chi connectivity index (χ3n) is 0.960. The summed E-state index contributed by atoms with van der Waals surface area (Å²) in [5.41, 5.74) is 0. The van der Waals surface area contributed by atoms with Crippen LogP contribution in [0.4, 0.5) is 0 Å². The molecule has 0 atom stereocenters. The Kier molecular flexibility index (Phi) is 4.61. The fourth-order valence-corrected chi connectivity index (χ4v) is 0.364. The van der Waals surface area contributed by atoms with Crippen LogP contribution in [-0.2, 0) is 4.84 Å². The maximum absolute atomic E-state index is 4.84. The van der Waals surface area contributed by atoms with Gasteiger partial charge in [-0.1, -0.05) is 6.08 Å². The summed E-state index contributed by atoms with van der Waals surface area (Å²) in [6.45, 7) is 4.50. The van der Waals surface area contributed by atoms with Gasteiger partial charge in [-0.15, -0.1) is 6.58 Å². The molecule has 48 valence electrons. The number of hydrogen-bond acceptors (Lipinski definition) is 2. The van der Waals surface area contributed by atoms with Crippen molar-refractivity contribution < 1.29 is 4.84 Å². The predicted molar refractivity (Wildman–Crippen MR) is 34.5 cm³/mol. The molecule has 0 unspecified atom stereocenters. The van der Waals surface area contributed by atoms with Gasteiger partial charge in [0.05, 0.1) is 7.11 Å². The van der Waals surface area contributed by atoms with Gasteiger partial charge >= 0.3 is 0 Å². The second-order valence-electron chi connectivity index (χ2n) is 1.61. The molecule has 0 aliphatic rings. The number of hydrogen-bond donors (Lipinski definition) is 0. The largest absolute Gasteiger partial charge is 0.303 e. The van der Waals surface area contributed by atoms with E-state index >= 15 is 0 Å². The molecule has 2 heteroatoms. The van der Waals surface area contributed by atoms with Crippen LogP contribution in [0, 0.1) is 0 Å². The first kappa shape index (κ1) is 7.66. The first-order chi connectivity index (χ1) is 3.81. The molecule has 0 radical (unpaired) electrons. The Morgan fingerprint density at radius 3 is 2.75 bits per heavy atom. The van der Waals surface area contributed by atoms with Crippen molar-refractivity contribution in [3.8, 4) is 0 Å². The van der Waals surface area contributed by atoms with Crippen molar-refractivity contribution in [2.45, 2.75) is 6.42 Å². The highest BCUT2D eigenvalue weighted by molar-refractivity contribution is 4.65. The van der Waals surface area contributed by atoms with E-state index in [0.29, 0.717) is 0 Å². The highest BCUT2D eigenvalue weighted by Crippen LogP contribution is 1.85. The van der Waals surface area contributed by atoms with Crippen molar-refractivity contribution in [1.82, 2.24) is 5.06 Å². The fourth-order valence-electron chi connectivity index (χ4n) is 0.364. The summed E-state index contributed by atoms with van der Waals surface area (Å²) >= 11 is 0. The van der Waals surface area contributed by atoms with E-state index in [2.05, 4.69) is 6.58 Å². The Morgan fingerprint density at radius 2 is 2.38 bits per heavy atom. The van der Waals surface area contributed by atoms with Gasteiger partial charge in [-0.25, -0.2) is 0 Å². The Bertz CT molecular complexity index is 63.5. The van der Waals surface area contributed by atoms with Crippen molar-refractivity contribution in [1.29, 1.82) is 0 Å². The lowest BCUT2D eigenvalue weighted by Gasteiger charge is -2.10. The number of rotatable bonds is 4. The van der Waals surface area contributed by atoms with Crippen molar-refractivity contribution >= 4 is 0 Å². The molecule has 0 aromatic heterocycles. The molecule has 0 heterocycles. The zero-order chi connectivity index (χ0) is 6.41. The predicted octanol–water partition coefficient (Wildman–Crippen LogP) is 1.06. The summed E-state index contributed by atoms with van der Waals surface area (Å²) in [6.07, 6.45) is 2.85. The highest BCUT2D eigenvalue weighted by atomic mass is 16.7. The summed E-state index contributed by atoms with van der Waals surface area (Å²) in [5, 5.41) is 1.77. The van der Waals surface area contributed by atoms with Crippen molar-refractivity contribution in [2.24, 2.45) is 0 Å². The first-order valence-electron chi connectivity index (χ1n) is 2.67. The molecule has 0 bridgehead atoms. The first-order valence-corrected chi connectivity index (χ1v) is 2.67.